The molecular formula is C24H38N4O4. The van der Waals surface area contributed by atoms with Gasteiger partial charge in [-0.05, 0) is 45.2 Å². The number of guanidine groups is 1. The van der Waals surface area contributed by atoms with Gasteiger partial charge in [-0.15, -0.1) is 0 Å². The molecule has 0 radical (unpaired) electrons. The van der Waals surface area contributed by atoms with E-state index in [1.165, 1.54) is 32.1 Å². The number of amides is 1. The average molecular weight is 447 g/mol. The van der Waals surface area contributed by atoms with E-state index in [1.807, 2.05) is 18.2 Å². The van der Waals surface area contributed by atoms with Crippen molar-refractivity contribution in [3.8, 4) is 11.5 Å². The van der Waals surface area contributed by atoms with E-state index in [0.717, 1.165) is 30.9 Å². The molecule has 0 spiro atoms. The zero-order chi connectivity index (χ0) is 22.8. The van der Waals surface area contributed by atoms with E-state index in [1.54, 1.807) is 13.8 Å². The van der Waals surface area contributed by atoms with Crippen LogP contribution in [-0.4, -0.2) is 50.9 Å². The predicted molar refractivity (Wildman–Crippen MR) is 126 cm³/mol. The van der Waals surface area contributed by atoms with Crippen molar-refractivity contribution < 1.29 is 19.0 Å². The summed E-state index contributed by atoms with van der Waals surface area (Å²) in [4.78, 5) is 16.3. The summed E-state index contributed by atoms with van der Waals surface area (Å²) in [7, 11) is 0. The fourth-order valence-corrected chi connectivity index (χ4v) is 3.63. The molecule has 0 saturated heterocycles. The Labute approximate surface area is 191 Å². The second-order valence-corrected chi connectivity index (χ2v) is 9.16. The summed E-state index contributed by atoms with van der Waals surface area (Å²) in [6, 6.07) is 5.73. The summed E-state index contributed by atoms with van der Waals surface area (Å²) >= 11 is 0. The Morgan fingerprint density at radius 2 is 1.91 bits per heavy atom. The first-order valence-corrected chi connectivity index (χ1v) is 11.8. The molecule has 1 fully saturated rings. The van der Waals surface area contributed by atoms with E-state index in [-0.39, 0.29) is 12.5 Å². The van der Waals surface area contributed by atoms with Gasteiger partial charge in [0.15, 0.2) is 17.5 Å². The molecule has 178 valence electrons. The minimum Gasteiger partial charge on any atom is -0.490 e. The number of nitrogens with two attached hydrogens (primary N) is 1. The van der Waals surface area contributed by atoms with Crippen LogP contribution >= 0.6 is 0 Å². The number of nitrogens with one attached hydrogen (secondary N) is 2. The molecule has 2 aliphatic rings. The van der Waals surface area contributed by atoms with E-state index >= 15 is 0 Å². The lowest BCUT2D eigenvalue weighted by atomic mass is 9.93. The van der Waals surface area contributed by atoms with Crippen molar-refractivity contribution >= 4 is 17.6 Å². The van der Waals surface area contributed by atoms with Gasteiger partial charge in [-0.2, -0.15) is 0 Å². The molecule has 1 aliphatic carbocycles. The van der Waals surface area contributed by atoms with Crippen molar-refractivity contribution in [3.05, 3.63) is 18.2 Å². The highest BCUT2D eigenvalue weighted by Crippen LogP contribution is 2.32. The summed E-state index contributed by atoms with van der Waals surface area (Å²) < 4.78 is 17.5. The SMILES string of the molecule is CC(C)(CN=C(NCCCOC1CCCCC1)Nc1ccc2c(c1)OCCCO2)C(N)=O. The zero-order valence-electron chi connectivity index (χ0n) is 19.5. The number of hydrogen-bond acceptors (Lipinski definition) is 5. The molecule has 4 N–H and O–H groups in total. The van der Waals surface area contributed by atoms with Crippen LogP contribution in [0.1, 0.15) is 58.8 Å². The van der Waals surface area contributed by atoms with Crippen molar-refractivity contribution in [1.82, 2.24) is 5.32 Å². The van der Waals surface area contributed by atoms with Crippen molar-refractivity contribution in [1.29, 1.82) is 0 Å². The number of fused-ring (bicyclic) bond motifs is 1. The van der Waals surface area contributed by atoms with Crippen LogP contribution in [0.2, 0.25) is 0 Å². The van der Waals surface area contributed by atoms with E-state index in [0.29, 0.717) is 37.6 Å². The maximum atomic E-state index is 11.7. The average Bonchev–Trinajstić information content (AvgIpc) is 3.02. The molecule has 32 heavy (non-hydrogen) atoms. The first-order valence-electron chi connectivity index (χ1n) is 11.8. The van der Waals surface area contributed by atoms with E-state index in [4.69, 9.17) is 19.9 Å². The number of carbonyl (C=O) groups excluding carboxylic acids is 1. The third kappa shape index (κ3) is 7.58. The lowest BCUT2D eigenvalue weighted by Crippen LogP contribution is -2.37. The van der Waals surface area contributed by atoms with Gasteiger partial charge >= 0.3 is 0 Å². The van der Waals surface area contributed by atoms with Crippen LogP contribution in [0.4, 0.5) is 5.69 Å². The fraction of sp³-hybridized carbons (Fsp3) is 0.667. The Kier molecular flexibility index (Phi) is 9.02. The van der Waals surface area contributed by atoms with Crippen molar-refractivity contribution in [3.63, 3.8) is 0 Å². The van der Waals surface area contributed by atoms with Gasteiger partial charge in [0, 0.05) is 31.3 Å². The number of ether oxygens (including phenoxy) is 3. The van der Waals surface area contributed by atoms with Crippen molar-refractivity contribution in [2.75, 3.05) is 38.2 Å². The molecule has 0 aromatic heterocycles. The Bertz CT molecular complexity index is 775. The molecule has 8 nitrogen and oxygen atoms in total. The van der Waals surface area contributed by atoms with Gasteiger partial charge in [0.1, 0.15) is 0 Å². The molecule has 0 atom stereocenters. The van der Waals surface area contributed by atoms with Gasteiger partial charge in [-0.3, -0.25) is 9.79 Å². The van der Waals surface area contributed by atoms with Gasteiger partial charge in [-0.25, -0.2) is 0 Å². The van der Waals surface area contributed by atoms with E-state index < -0.39 is 5.41 Å². The number of benzene rings is 1. The third-order valence-corrected chi connectivity index (χ3v) is 5.83. The smallest absolute Gasteiger partial charge is 0.224 e. The molecule has 1 aromatic rings. The quantitative estimate of drug-likeness (QED) is 0.305. The number of aliphatic imine (C=N–C) groups is 1. The highest BCUT2D eigenvalue weighted by Gasteiger charge is 2.24. The minimum atomic E-state index is -0.733. The van der Waals surface area contributed by atoms with Gasteiger partial charge in [0.25, 0.3) is 0 Å². The van der Waals surface area contributed by atoms with Gasteiger partial charge < -0.3 is 30.6 Å². The van der Waals surface area contributed by atoms with Crippen LogP contribution in [-0.2, 0) is 9.53 Å². The largest absolute Gasteiger partial charge is 0.490 e. The van der Waals surface area contributed by atoms with Gasteiger partial charge in [0.05, 0.1) is 31.3 Å². The molecule has 1 heterocycles. The molecule has 8 heteroatoms. The summed E-state index contributed by atoms with van der Waals surface area (Å²) in [5.41, 5.74) is 5.61. The number of primary amides is 1. The second kappa shape index (κ2) is 11.9. The second-order valence-electron chi connectivity index (χ2n) is 9.16. The highest BCUT2D eigenvalue weighted by molar-refractivity contribution is 5.94. The molecule has 1 aromatic carbocycles. The Morgan fingerprint density at radius 1 is 1.16 bits per heavy atom. The monoisotopic (exact) mass is 446 g/mol. The van der Waals surface area contributed by atoms with Crippen LogP contribution in [0.5, 0.6) is 11.5 Å². The fourth-order valence-electron chi connectivity index (χ4n) is 3.63. The molecule has 1 aliphatic heterocycles. The summed E-state index contributed by atoms with van der Waals surface area (Å²) in [5, 5.41) is 6.66. The third-order valence-electron chi connectivity index (χ3n) is 5.83. The van der Waals surface area contributed by atoms with E-state index in [9.17, 15) is 4.79 Å². The number of hydrogen-bond donors (Lipinski definition) is 3. The zero-order valence-corrected chi connectivity index (χ0v) is 19.5. The Morgan fingerprint density at radius 3 is 2.66 bits per heavy atom. The summed E-state index contributed by atoms with van der Waals surface area (Å²) in [6.45, 7) is 6.58. The molecule has 0 bridgehead atoms. The lowest BCUT2D eigenvalue weighted by Gasteiger charge is -2.22. The highest BCUT2D eigenvalue weighted by atomic mass is 16.5. The maximum Gasteiger partial charge on any atom is 0.224 e. The van der Waals surface area contributed by atoms with Crippen LogP contribution in [0, 0.1) is 5.41 Å². The molecule has 0 unspecified atom stereocenters. The number of anilines is 1. The summed E-state index contributed by atoms with van der Waals surface area (Å²) in [5.74, 6) is 1.67. The van der Waals surface area contributed by atoms with E-state index in [2.05, 4.69) is 15.6 Å². The van der Waals surface area contributed by atoms with Gasteiger partial charge in [-0.1, -0.05) is 19.3 Å². The number of nitrogens with zero attached hydrogens (tertiary/aromatic N) is 1. The lowest BCUT2D eigenvalue weighted by molar-refractivity contribution is -0.125. The molecule has 1 amide bonds. The number of rotatable bonds is 9. The van der Waals surface area contributed by atoms with Crippen molar-refractivity contribution in [2.24, 2.45) is 16.1 Å². The predicted octanol–water partition coefficient (Wildman–Crippen LogP) is 3.46. The van der Waals surface area contributed by atoms with Gasteiger partial charge in [0.2, 0.25) is 5.91 Å². The standard InChI is InChI=1S/C24H38N4O4/c1-24(2,22(25)29)17-27-23(26-12-6-13-30-19-8-4-3-5-9-19)28-18-10-11-20-21(16-18)32-15-7-14-31-20/h10-11,16,19H,3-9,12-15,17H2,1-2H3,(H2,25,29)(H2,26,27,28). The Balaban J connectivity index is 1.57. The van der Waals surface area contributed by atoms with Crippen molar-refractivity contribution in [2.45, 2.75) is 64.9 Å². The van der Waals surface area contributed by atoms with Crippen LogP contribution in [0.3, 0.4) is 0 Å². The van der Waals surface area contributed by atoms with Crippen LogP contribution in [0.15, 0.2) is 23.2 Å². The van der Waals surface area contributed by atoms with Crippen LogP contribution < -0.4 is 25.8 Å². The molecule has 1 saturated carbocycles. The normalized spacial score (nSPS) is 17.5. The minimum absolute atomic E-state index is 0.279. The first kappa shape index (κ1) is 24.2. The summed E-state index contributed by atoms with van der Waals surface area (Å²) in [6.07, 6.45) is 8.36. The molecular weight excluding hydrogens is 408 g/mol. The first-order chi connectivity index (χ1) is 15.4. The number of carbonyl (C=O) groups is 1. The topological polar surface area (TPSA) is 107 Å². The maximum absolute atomic E-state index is 11.7. The molecule has 3 rings (SSSR count). The van der Waals surface area contributed by atoms with Crippen LogP contribution in [0.25, 0.3) is 0 Å². The Hall–Kier alpha value is -2.48.